The molecule has 3 N–H and O–H groups in total. The van der Waals surface area contributed by atoms with Gasteiger partial charge in [0.25, 0.3) is 0 Å². The zero-order valence-corrected chi connectivity index (χ0v) is 16.7. The number of aromatic nitrogens is 3. The second kappa shape index (κ2) is 7.66. The summed E-state index contributed by atoms with van der Waals surface area (Å²) in [5.41, 5.74) is 8.80. The molecule has 2 aromatic carbocycles. The van der Waals surface area contributed by atoms with E-state index in [1.165, 1.54) is 12.1 Å². The smallest absolute Gasteiger partial charge is 0.153 e. The van der Waals surface area contributed by atoms with E-state index >= 15 is 0 Å². The number of hydrogen-bond donors (Lipinski definition) is 2. The van der Waals surface area contributed by atoms with Crippen LogP contribution in [0.15, 0.2) is 42.7 Å². The monoisotopic (exact) mass is 434 g/mol. The molecular weight excluding hydrogens is 417 g/mol. The van der Waals surface area contributed by atoms with Crippen molar-refractivity contribution in [1.82, 2.24) is 15.0 Å². The summed E-state index contributed by atoms with van der Waals surface area (Å²) in [6.07, 6.45) is 3.91. The Bertz CT molecular complexity index is 1390. The van der Waals surface area contributed by atoms with E-state index in [0.717, 1.165) is 18.6 Å². The molecule has 0 bridgehead atoms. The number of halogens is 3. The number of imidazole rings is 1. The van der Waals surface area contributed by atoms with Crippen molar-refractivity contribution < 1.29 is 13.2 Å². The largest absolute Gasteiger partial charge is 0.369 e. The van der Waals surface area contributed by atoms with Crippen LogP contribution < -0.4 is 10.6 Å². The van der Waals surface area contributed by atoms with Crippen LogP contribution in [0.2, 0.25) is 0 Å². The lowest BCUT2D eigenvalue weighted by Gasteiger charge is -2.24. The summed E-state index contributed by atoms with van der Waals surface area (Å²) in [5, 5.41) is 9.27. The number of benzene rings is 2. The normalized spacial score (nSPS) is 16.0. The average Bonchev–Trinajstić information content (AvgIpc) is 3.39. The van der Waals surface area contributed by atoms with Crippen molar-refractivity contribution in [1.29, 1.82) is 5.26 Å². The Morgan fingerprint density at radius 1 is 1.06 bits per heavy atom. The Labute approximate surface area is 181 Å². The molecule has 0 amide bonds. The first kappa shape index (κ1) is 20.0. The number of nitriles is 1. The van der Waals surface area contributed by atoms with E-state index in [2.05, 4.69) is 15.0 Å². The Hall–Kier alpha value is -3.90. The van der Waals surface area contributed by atoms with Crippen LogP contribution in [0.1, 0.15) is 12.0 Å². The van der Waals surface area contributed by atoms with Gasteiger partial charge in [-0.1, -0.05) is 0 Å². The van der Waals surface area contributed by atoms with Gasteiger partial charge in [-0.05, 0) is 36.2 Å². The Morgan fingerprint density at radius 2 is 1.84 bits per heavy atom. The molecule has 0 radical (unpaired) electrons. The first-order valence-corrected chi connectivity index (χ1v) is 9.97. The van der Waals surface area contributed by atoms with E-state index in [4.69, 9.17) is 5.73 Å². The second-order valence-electron chi connectivity index (χ2n) is 7.79. The maximum Gasteiger partial charge on any atom is 0.153 e. The summed E-state index contributed by atoms with van der Waals surface area (Å²) >= 11 is 0. The summed E-state index contributed by atoms with van der Waals surface area (Å²) in [6, 6.07) is 7.92. The molecule has 0 saturated carbocycles. The highest BCUT2D eigenvalue weighted by Gasteiger charge is 2.27. The maximum absolute atomic E-state index is 14.3. The summed E-state index contributed by atoms with van der Waals surface area (Å²) in [6.45, 7) is 1.20. The summed E-state index contributed by atoms with van der Waals surface area (Å²) in [4.78, 5) is 13.6. The van der Waals surface area contributed by atoms with Crippen LogP contribution >= 0.6 is 0 Å². The van der Waals surface area contributed by atoms with Crippen molar-refractivity contribution in [3.63, 3.8) is 0 Å². The second-order valence-corrected chi connectivity index (χ2v) is 7.79. The molecule has 0 spiro atoms. The fraction of sp³-hybridized carbons (Fsp3) is 0.174. The van der Waals surface area contributed by atoms with Gasteiger partial charge in [-0.25, -0.2) is 18.2 Å². The predicted molar refractivity (Wildman–Crippen MR) is 114 cm³/mol. The van der Waals surface area contributed by atoms with Crippen LogP contribution in [0.25, 0.3) is 33.5 Å². The molecule has 160 valence electrons. The fourth-order valence-electron chi connectivity index (χ4n) is 4.15. The van der Waals surface area contributed by atoms with Gasteiger partial charge < -0.3 is 15.6 Å². The van der Waals surface area contributed by atoms with Gasteiger partial charge in [0.05, 0.1) is 28.4 Å². The highest BCUT2D eigenvalue weighted by atomic mass is 19.1. The first-order valence-electron chi connectivity index (χ1n) is 9.97. The van der Waals surface area contributed by atoms with E-state index in [0.29, 0.717) is 41.3 Å². The van der Waals surface area contributed by atoms with Gasteiger partial charge in [0.2, 0.25) is 0 Å². The Morgan fingerprint density at radius 3 is 2.59 bits per heavy atom. The molecule has 0 aliphatic carbocycles. The van der Waals surface area contributed by atoms with Crippen LogP contribution in [0.3, 0.4) is 0 Å². The SMILES string of the molecule is N#Cc1cc(F)cc(-c2cncc(-c3nc4c(F)cc(F)cc4[nH]3)c2N2CC[C@H](N)C2)c1. The van der Waals surface area contributed by atoms with E-state index < -0.39 is 17.5 Å². The number of fused-ring (bicyclic) bond motifs is 1. The number of aromatic amines is 1. The highest BCUT2D eigenvalue weighted by Crippen LogP contribution is 2.40. The van der Waals surface area contributed by atoms with Crippen molar-refractivity contribution in [2.24, 2.45) is 5.73 Å². The minimum absolute atomic E-state index is 0.00778. The molecule has 1 fully saturated rings. The fourth-order valence-corrected chi connectivity index (χ4v) is 4.15. The lowest BCUT2D eigenvalue weighted by molar-refractivity contribution is 0.590. The van der Waals surface area contributed by atoms with Crippen LogP contribution in [-0.2, 0) is 0 Å². The summed E-state index contributed by atoms with van der Waals surface area (Å²) in [7, 11) is 0. The number of nitrogens with two attached hydrogens (primary N) is 1. The standard InChI is InChI=1S/C23H17F3N6/c24-14-4-12(8-27)3-13(5-14)17-9-29-10-18(22(17)32-2-1-16(28)11-32)23-30-20-7-15(25)6-19(26)21(20)31-23/h3-7,9-10,16H,1-2,11,28H2,(H,30,31)/t16-/m0/s1. The summed E-state index contributed by atoms with van der Waals surface area (Å²) in [5.74, 6) is -1.74. The minimum atomic E-state index is -0.778. The lowest BCUT2D eigenvalue weighted by atomic mass is 9.99. The number of anilines is 1. The van der Waals surface area contributed by atoms with Crippen LogP contribution in [-0.4, -0.2) is 34.1 Å². The van der Waals surface area contributed by atoms with Crippen LogP contribution in [0.4, 0.5) is 18.9 Å². The highest BCUT2D eigenvalue weighted by molar-refractivity contribution is 5.91. The zero-order chi connectivity index (χ0) is 22.4. The van der Waals surface area contributed by atoms with Crippen molar-refractivity contribution >= 4 is 16.7 Å². The molecule has 1 saturated heterocycles. The zero-order valence-electron chi connectivity index (χ0n) is 16.7. The molecule has 2 aromatic heterocycles. The lowest BCUT2D eigenvalue weighted by Crippen LogP contribution is -2.27. The van der Waals surface area contributed by atoms with E-state index in [9.17, 15) is 18.4 Å². The third-order valence-electron chi connectivity index (χ3n) is 5.56. The quantitative estimate of drug-likeness (QED) is 0.506. The molecule has 1 aliphatic rings. The predicted octanol–water partition coefficient (Wildman–Crippen LogP) is 4.12. The topological polar surface area (TPSA) is 94.6 Å². The number of hydrogen-bond acceptors (Lipinski definition) is 5. The molecule has 1 atom stereocenters. The molecule has 0 unspecified atom stereocenters. The van der Waals surface area contributed by atoms with Gasteiger partial charge in [-0.3, -0.25) is 4.98 Å². The van der Waals surface area contributed by atoms with Crippen molar-refractivity contribution in [3.05, 3.63) is 65.7 Å². The van der Waals surface area contributed by atoms with E-state index in [1.54, 1.807) is 18.5 Å². The summed E-state index contributed by atoms with van der Waals surface area (Å²) < 4.78 is 42.2. The molecule has 32 heavy (non-hydrogen) atoms. The Balaban J connectivity index is 1.75. The van der Waals surface area contributed by atoms with Crippen LogP contribution in [0, 0.1) is 28.8 Å². The molecule has 3 heterocycles. The van der Waals surface area contributed by atoms with E-state index in [1.807, 2.05) is 11.0 Å². The van der Waals surface area contributed by atoms with Gasteiger partial charge in [0.1, 0.15) is 23.0 Å². The van der Waals surface area contributed by atoms with Crippen LogP contribution in [0.5, 0.6) is 0 Å². The molecule has 9 heteroatoms. The minimum Gasteiger partial charge on any atom is -0.369 e. The van der Waals surface area contributed by atoms with Crippen molar-refractivity contribution in [3.8, 4) is 28.6 Å². The van der Waals surface area contributed by atoms with Gasteiger partial charge >= 0.3 is 0 Å². The number of rotatable bonds is 3. The van der Waals surface area contributed by atoms with E-state index in [-0.39, 0.29) is 22.6 Å². The molecular formula is C23H17F3N6. The number of pyridine rings is 1. The van der Waals surface area contributed by atoms with Gasteiger partial charge in [0, 0.05) is 43.2 Å². The van der Waals surface area contributed by atoms with Gasteiger partial charge in [-0.2, -0.15) is 5.26 Å². The van der Waals surface area contributed by atoms with Gasteiger partial charge in [0.15, 0.2) is 5.82 Å². The molecule has 4 aromatic rings. The Kier molecular flexibility index (Phi) is 4.79. The van der Waals surface area contributed by atoms with Crippen molar-refractivity contribution in [2.75, 3.05) is 18.0 Å². The number of nitrogens with zero attached hydrogens (tertiary/aromatic N) is 4. The number of nitrogens with one attached hydrogen (secondary N) is 1. The third kappa shape index (κ3) is 3.44. The average molecular weight is 434 g/mol. The van der Waals surface area contributed by atoms with Gasteiger partial charge in [-0.15, -0.1) is 0 Å². The first-order chi connectivity index (χ1) is 15.4. The maximum atomic E-state index is 14.3. The number of H-pyrrole nitrogens is 1. The molecule has 6 nitrogen and oxygen atoms in total. The molecule has 5 rings (SSSR count). The third-order valence-corrected chi connectivity index (χ3v) is 5.56. The molecule has 1 aliphatic heterocycles. The van der Waals surface area contributed by atoms with Crippen molar-refractivity contribution in [2.45, 2.75) is 12.5 Å².